The first-order valence-corrected chi connectivity index (χ1v) is 7.91. The van der Waals surface area contributed by atoms with Crippen LogP contribution < -0.4 is 5.69 Å². The van der Waals surface area contributed by atoms with Crippen LogP contribution in [0.15, 0.2) is 47.3 Å². The standard InChI is InChI=1S/C16H11F4IN2O/c17-14(18)10-5-9(6-11(7-10)15(19)20)8-22-12-3-1-2-4-13(12)23(21)16(22)24/h1-7,14-15H,8H2. The van der Waals surface area contributed by atoms with E-state index >= 15 is 0 Å². The zero-order chi connectivity index (χ0) is 17.4. The molecule has 0 spiro atoms. The molecule has 1 heterocycles. The summed E-state index contributed by atoms with van der Waals surface area (Å²) in [6.07, 6.45) is -5.71. The summed E-state index contributed by atoms with van der Waals surface area (Å²) in [6.45, 7) is -0.0599. The summed E-state index contributed by atoms with van der Waals surface area (Å²) < 4.78 is 54.6. The van der Waals surface area contributed by atoms with Crippen LogP contribution >= 0.6 is 22.9 Å². The van der Waals surface area contributed by atoms with E-state index in [0.29, 0.717) is 11.0 Å². The quantitative estimate of drug-likeness (QED) is 0.410. The monoisotopic (exact) mass is 450 g/mol. The van der Waals surface area contributed by atoms with Crippen molar-refractivity contribution in [3.8, 4) is 0 Å². The van der Waals surface area contributed by atoms with Crippen molar-refractivity contribution in [2.24, 2.45) is 0 Å². The van der Waals surface area contributed by atoms with Crippen molar-refractivity contribution in [1.29, 1.82) is 0 Å². The molecule has 2 aromatic carbocycles. The zero-order valence-electron chi connectivity index (χ0n) is 12.1. The number of nitrogens with zero attached hydrogens (tertiary/aromatic N) is 2. The first-order valence-electron chi connectivity index (χ1n) is 6.95. The molecule has 0 radical (unpaired) electrons. The van der Waals surface area contributed by atoms with Crippen LogP contribution in [0.2, 0.25) is 0 Å². The van der Waals surface area contributed by atoms with Crippen molar-refractivity contribution in [2.75, 3.05) is 0 Å². The highest BCUT2D eigenvalue weighted by atomic mass is 127. The Morgan fingerprint density at radius 2 is 1.46 bits per heavy atom. The van der Waals surface area contributed by atoms with Gasteiger partial charge in [0.2, 0.25) is 0 Å². The van der Waals surface area contributed by atoms with E-state index in [2.05, 4.69) is 0 Å². The van der Waals surface area contributed by atoms with Crippen LogP contribution in [0.1, 0.15) is 29.5 Å². The lowest BCUT2D eigenvalue weighted by molar-refractivity contribution is 0.144. The molecule has 126 valence electrons. The van der Waals surface area contributed by atoms with Crippen LogP contribution in [0.25, 0.3) is 11.0 Å². The lowest BCUT2D eigenvalue weighted by Crippen LogP contribution is -2.20. The molecule has 0 saturated heterocycles. The van der Waals surface area contributed by atoms with Crippen molar-refractivity contribution >= 4 is 33.9 Å². The van der Waals surface area contributed by atoms with Gasteiger partial charge in [-0.1, -0.05) is 12.1 Å². The summed E-state index contributed by atoms with van der Waals surface area (Å²) in [4.78, 5) is 12.4. The summed E-state index contributed by atoms with van der Waals surface area (Å²) in [5.41, 5.74) is 0.207. The van der Waals surface area contributed by atoms with Gasteiger partial charge in [0.1, 0.15) is 0 Å². The van der Waals surface area contributed by atoms with E-state index in [9.17, 15) is 22.4 Å². The second kappa shape index (κ2) is 6.58. The maximum atomic E-state index is 12.9. The largest absolute Gasteiger partial charge is 0.338 e. The molecule has 24 heavy (non-hydrogen) atoms. The lowest BCUT2D eigenvalue weighted by Gasteiger charge is -2.10. The molecule has 0 aliphatic carbocycles. The van der Waals surface area contributed by atoms with Crippen LogP contribution in [0.4, 0.5) is 17.6 Å². The Labute approximate surface area is 148 Å². The minimum absolute atomic E-state index is 0.0599. The first-order chi connectivity index (χ1) is 11.4. The van der Waals surface area contributed by atoms with Gasteiger partial charge >= 0.3 is 5.69 Å². The molecule has 0 bridgehead atoms. The van der Waals surface area contributed by atoms with Crippen molar-refractivity contribution in [2.45, 2.75) is 19.4 Å². The van der Waals surface area contributed by atoms with E-state index in [1.807, 2.05) is 22.9 Å². The number of benzene rings is 2. The SMILES string of the molecule is O=c1n(I)c2ccccc2n1Cc1cc(C(F)F)cc(C(F)F)c1. The molecule has 3 rings (SSSR count). The minimum atomic E-state index is -2.86. The maximum absolute atomic E-state index is 12.9. The van der Waals surface area contributed by atoms with Crippen LogP contribution in [0, 0.1) is 0 Å². The number of aromatic nitrogens is 2. The Hall–Kier alpha value is -1.84. The van der Waals surface area contributed by atoms with Crippen molar-refractivity contribution in [1.82, 2.24) is 7.35 Å². The molecule has 1 aromatic heterocycles. The molecule has 0 amide bonds. The summed E-state index contributed by atoms with van der Waals surface area (Å²) in [5.74, 6) is 0. The summed E-state index contributed by atoms with van der Waals surface area (Å²) in [6, 6.07) is 10.1. The van der Waals surface area contributed by atoms with Gasteiger partial charge in [-0.3, -0.25) is 4.57 Å². The first kappa shape index (κ1) is 17.0. The Kier molecular flexibility index (Phi) is 4.66. The Morgan fingerprint density at radius 1 is 0.917 bits per heavy atom. The molecule has 3 nitrogen and oxygen atoms in total. The minimum Gasteiger partial charge on any atom is -0.287 e. The average Bonchev–Trinajstić information content (AvgIpc) is 2.80. The smallest absolute Gasteiger partial charge is 0.287 e. The van der Waals surface area contributed by atoms with Crippen LogP contribution in [0.3, 0.4) is 0 Å². The Balaban J connectivity index is 2.12. The Bertz CT molecular complexity index is 923. The van der Waals surface area contributed by atoms with Crippen LogP contribution in [0.5, 0.6) is 0 Å². The fourth-order valence-corrected chi connectivity index (χ4v) is 3.26. The van der Waals surface area contributed by atoms with E-state index in [-0.39, 0.29) is 17.8 Å². The van der Waals surface area contributed by atoms with E-state index in [1.54, 1.807) is 24.3 Å². The number of hydrogen-bond acceptors (Lipinski definition) is 1. The fraction of sp³-hybridized carbons (Fsp3) is 0.188. The Morgan fingerprint density at radius 3 is 2.00 bits per heavy atom. The number of halogens is 5. The van der Waals surface area contributed by atoms with Crippen molar-refractivity contribution in [3.63, 3.8) is 0 Å². The summed E-state index contributed by atoms with van der Waals surface area (Å²) >= 11 is 1.84. The number of fused-ring (bicyclic) bond motifs is 1. The highest BCUT2D eigenvalue weighted by molar-refractivity contribution is 14.1. The third kappa shape index (κ3) is 3.06. The molecule has 0 atom stereocenters. The van der Waals surface area contributed by atoms with Gasteiger partial charge in [-0.05, 0) is 35.9 Å². The molecule has 8 heteroatoms. The second-order valence-electron chi connectivity index (χ2n) is 5.25. The fourth-order valence-electron chi connectivity index (χ4n) is 2.59. The highest BCUT2D eigenvalue weighted by Gasteiger charge is 2.17. The number of hydrogen-bond donors (Lipinski definition) is 0. The molecular weight excluding hydrogens is 439 g/mol. The molecular formula is C16H11F4IN2O. The van der Waals surface area contributed by atoms with Gasteiger partial charge in [0.15, 0.2) is 0 Å². The summed E-state index contributed by atoms with van der Waals surface area (Å²) in [7, 11) is 0. The van der Waals surface area contributed by atoms with Crippen molar-refractivity contribution < 1.29 is 17.6 Å². The highest BCUT2D eigenvalue weighted by Crippen LogP contribution is 2.28. The van der Waals surface area contributed by atoms with Crippen molar-refractivity contribution in [3.05, 3.63) is 69.6 Å². The van der Waals surface area contributed by atoms with Gasteiger partial charge in [0.05, 0.1) is 40.4 Å². The third-order valence-corrected chi connectivity index (χ3v) is 4.60. The predicted octanol–water partition coefficient (Wildman–Crippen LogP) is 4.92. The molecule has 0 aliphatic heterocycles. The average molecular weight is 450 g/mol. The predicted molar refractivity (Wildman–Crippen MR) is 91.1 cm³/mol. The lowest BCUT2D eigenvalue weighted by atomic mass is 10.1. The molecule has 0 N–H and O–H groups in total. The maximum Gasteiger partial charge on any atom is 0.338 e. The van der Waals surface area contributed by atoms with E-state index in [0.717, 1.165) is 18.2 Å². The molecule has 3 aromatic rings. The topological polar surface area (TPSA) is 26.9 Å². The number of rotatable bonds is 4. The summed E-state index contributed by atoms with van der Waals surface area (Å²) in [5, 5.41) is 0. The molecule has 0 unspecified atom stereocenters. The third-order valence-electron chi connectivity index (χ3n) is 3.66. The van der Waals surface area contributed by atoms with Gasteiger partial charge < -0.3 is 0 Å². The number of para-hydroxylation sites is 2. The molecule has 0 saturated carbocycles. The van der Waals surface area contributed by atoms with Gasteiger partial charge in [-0.2, -0.15) is 0 Å². The van der Waals surface area contributed by atoms with E-state index < -0.39 is 24.0 Å². The normalized spacial score (nSPS) is 11.8. The van der Waals surface area contributed by atoms with Gasteiger partial charge in [-0.25, -0.2) is 25.1 Å². The second-order valence-corrected chi connectivity index (χ2v) is 6.21. The van der Waals surface area contributed by atoms with Gasteiger partial charge in [-0.15, -0.1) is 0 Å². The number of imidazole rings is 1. The van der Waals surface area contributed by atoms with E-state index in [1.165, 1.54) is 7.35 Å². The molecule has 0 aliphatic rings. The van der Waals surface area contributed by atoms with Gasteiger partial charge in [0, 0.05) is 11.1 Å². The van der Waals surface area contributed by atoms with E-state index in [4.69, 9.17) is 0 Å². The zero-order valence-corrected chi connectivity index (χ0v) is 14.3. The number of alkyl halides is 4. The molecule has 0 fully saturated rings. The van der Waals surface area contributed by atoms with Crippen LogP contribution in [-0.4, -0.2) is 7.35 Å². The van der Waals surface area contributed by atoms with Crippen LogP contribution in [-0.2, 0) is 6.54 Å². The van der Waals surface area contributed by atoms with Gasteiger partial charge in [0.25, 0.3) is 12.9 Å².